The fourth-order valence-corrected chi connectivity index (χ4v) is 6.60. The summed E-state index contributed by atoms with van der Waals surface area (Å²) in [6.07, 6.45) is 9.17. The van der Waals surface area contributed by atoms with Gasteiger partial charge in [-0.2, -0.15) is 0 Å². The van der Waals surface area contributed by atoms with Crippen molar-refractivity contribution in [3.05, 3.63) is 81.4 Å². The highest BCUT2D eigenvalue weighted by atomic mass is 19.2. The fraction of sp³-hybridized carbons (Fsp3) is 0.455. The summed E-state index contributed by atoms with van der Waals surface area (Å²) in [5.41, 5.74) is -0.355. The van der Waals surface area contributed by atoms with Crippen LogP contribution in [0.5, 0.6) is 0 Å². The molecule has 0 heterocycles. The van der Waals surface area contributed by atoms with E-state index in [4.69, 9.17) is 0 Å². The summed E-state index contributed by atoms with van der Waals surface area (Å²) in [6.45, 7) is 4.00. The van der Waals surface area contributed by atoms with Crippen LogP contribution < -0.4 is 0 Å². The number of unbranched alkanes of at least 4 members (excludes halogenated alkanes) is 2. The van der Waals surface area contributed by atoms with Crippen LogP contribution >= 0.6 is 0 Å². The van der Waals surface area contributed by atoms with Crippen molar-refractivity contribution in [1.82, 2.24) is 0 Å². The summed E-state index contributed by atoms with van der Waals surface area (Å²) in [6, 6.07) is 5.46. The molecule has 3 aromatic carbocycles. The van der Waals surface area contributed by atoms with E-state index >= 15 is 17.6 Å². The van der Waals surface area contributed by atoms with Gasteiger partial charge in [-0.3, -0.25) is 0 Å². The fourth-order valence-electron chi connectivity index (χ4n) is 6.60. The summed E-state index contributed by atoms with van der Waals surface area (Å²) in [5.74, 6) is -6.80. The van der Waals surface area contributed by atoms with E-state index in [2.05, 4.69) is 6.92 Å². The van der Waals surface area contributed by atoms with Crippen LogP contribution in [0.2, 0.25) is 0 Å². The van der Waals surface area contributed by atoms with Crippen molar-refractivity contribution in [3.8, 4) is 22.3 Å². The van der Waals surface area contributed by atoms with Crippen molar-refractivity contribution < 1.29 is 26.3 Å². The molecule has 3 aromatic rings. The molecule has 0 atom stereocenters. The number of aryl methyl sites for hydroxylation is 1. The van der Waals surface area contributed by atoms with E-state index in [0.717, 1.165) is 32.1 Å². The van der Waals surface area contributed by atoms with Crippen LogP contribution in [-0.4, -0.2) is 0 Å². The Kier molecular flexibility index (Phi) is 8.11. The van der Waals surface area contributed by atoms with Crippen LogP contribution in [0.3, 0.4) is 0 Å². The topological polar surface area (TPSA) is 0 Å². The van der Waals surface area contributed by atoms with E-state index in [0.29, 0.717) is 29.9 Å². The molecule has 0 aromatic heterocycles. The maximum Gasteiger partial charge on any atom is 0.167 e. The zero-order valence-electron chi connectivity index (χ0n) is 22.5. The van der Waals surface area contributed by atoms with Crippen LogP contribution in [0.25, 0.3) is 22.3 Å². The van der Waals surface area contributed by atoms with Gasteiger partial charge in [-0.1, -0.05) is 64.2 Å². The minimum Gasteiger partial charge on any atom is -0.203 e. The van der Waals surface area contributed by atoms with Crippen molar-refractivity contribution in [2.45, 2.75) is 90.4 Å². The van der Waals surface area contributed by atoms with E-state index in [-0.39, 0.29) is 34.6 Å². The Hall–Kier alpha value is -2.76. The molecule has 0 saturated heterocycles. The number of fused-ring (bicyclic) bond motifs is 3. The van der Waals surface area contributed by atoms with E-state index in [9.17, 15) is 8.78 Å². The maximum absolute atomic E-state index is 15.5. The first kappa shape index (κ1) is 27.8. The first-order valence-corrected chi connectivity index (χ1v) is 14.3. The normalized spacial score (nSPS) is 18.4. The Balaban J connectivity index is 1.47. The smallest absolute Gasteiger partial charge is 0.167 e. The number of benzene rings is 3. The van der Waals surface area contributed by atoms with E-state index in [1.807, 2.05) is 6.92 Å². The summed E-state index contributed by atoms with van der Waals surface area (Å²) >= 11 is 0. The molecule has 5 rings (SSSR count). The van der Waals surface area contributed by atoms with Crippen LogP contribution in [0, 0.1) is 40.8 Å². The molecule has 6 heteroatoms. The van der Waals surface area contributed by atoms with Gasteiger partial charge in [0.15, 0.2) is 34.9 Å². The monoisotopic (exact) mass is 544 g/mol. The SMILES string of the molecule is CCCCCC1CCC(c2cc3c(c(F)c2F)-c2c(cc(-c4ccc(CCC)c(F)c4F)c(F)c2F)C3)CC1. The number of hydrogen-bond acceptors (Lipinski definition) is 0. The Morgan fingerprint density at radius 2 is 1.28 bits per heavy atom. The van der Waals surface area contributed by atoms with Crippen molar-refractivity contribution in [2.24, 2.45) is 5.92 Å². The van der Waals surface area contributed by atoms with Gasteiger partial charge in [0, 0.05) is 22.3 Å². The minimum atomic E-state index is -1.41. The number of hydrogen-bond donors (Lipinski definition) is 0. The predicted octanol–water partition coefficient (Wildman–Crippen LogP) is 10.6. The second-order valence-electron chi connectivity index (χ2n) is 11.3. The molecule has 0 bridgehead atoms. The molecule has 0 spiro atoms. The quantitative estimate of drug-likeness (QED) is 0.153. The highest BCUT2D eigenvalue weighted by Gasteiger charge is 2.35. The largest absolute Gasteiger partial charge is 0.203 e. The van der Waals surface area contributed by atoms with Crippen molar-refractivity contribution in [1.29, 1.82) is 0 Å². The highest BCUT2D eigenvalue weighted by Crippen LogP contribution is 2.47. The Morgan fingerprint density at radius 1 is 0.641 bits per heavy atom. The van der Waals surface area contributed by atoms with Crippen LogP contribution in [0.1, 0.15) is 99.8 Å². The molecule has 0 aliphatic heterocycles. The Labute approximate surface area is 226 Å². The van der Waals surface area contributed by atoms with Gasteiger partial charge in [-0.05, 0) is 78.7 Å². The van der Waals surface area contributed by atoms with Crippen LogP contribution in [0.15, 0.2) is 24.3 Å². The average molecular weight is 545 g/mol. The van der Waals surface area contributed by atoms with Gasteiger partial charge in [-0.15, -0.1) is 0 Å². The van der Waals surface area contributed by atoms with Crippen LogP contribution in [0.4, 0.5) is 26.3 Å². The molecule has 2 aliphatic carbocycles. The first-order chi connectivity index (χ1) is 18.8. The second-order valence-corrected chi connectivity index (χ2v) is 11.3. The average Bonchev–Trinajstić information content (AvgIpc) is 3.30. The summed E-state index contributed by atoms with van der Waals surface area (Å²) < 4.78 is 91.0. The van der Waals surface area contributed by atoms with Gasteiger partial charge in [0.2, 0.25) is 0 Å². The first-order valence-electron chi connectivity index (χ1n) is 14.3. The molecular weight excluding hydrogens is 510 g/mol. The second kappa shape index (κ2) is 11.4. The molecule has 0 radical (unpaired) electrons. The summed E-state index contributed by atoms with van der Waals surface area (Å²) in [4.78, 5) is 0. The zero-order valence-corrected chi connectivity index (χ0v) is 22.5. The Bertz CT molecular complexity index is 1380. The number of rotatable bonds is 8. The number of halogens is 6. The third kappa shape index (κ3) is 5.00. The van der Waals surface area contributed by atoms with Gasteiger partial charge < -0.3 is 0 Å². The van der Waals surface area contributed by atoms with Gasteiger partial charge >= 0.3 is 0 Å². The molecule has 0 unspecified atom stereocenters. The van der Waals surface area contributed by atoms with E-state index in [1.54, 1.807) is 6.07 Å². The van der Waals surface area contributed by atoms with E-state index in [1.165, 1.54) is 37.5 Å². The molecule has 1 fully saturated rings. The highest BCUT2D eigenvalue weighted by molar-refractivity contribution is 5.82. The van der Waals surface area contributed by atoms with Gasteiger partial charge in [0.05, 0.1) is 0 Å². The lowest BCUT2D eigenvalue weighted by atomic mass is 9.76. The molecule has 2 aliphatic rings. The maximum atomic E-state index is 15.5. The van der Waals surface area contributed by atoms with Gasteiger partial charge in [0.25, 0.3) is 0 Å². The zero-order chi connectivity index (χ0) is 27.8. The van der Waals surface area contributed by atoms with Gasteiger partial charge in [0.1, 0.15) is 0 Å². The van der Waals surface area contributed by atoms with Crippen LogP contribution in [-0.2, 0) is 12.8 Å². The molecule has 39 heavy (non-hydrogen) atoms. The summed E-state index contributed by atoms with van der Waals surface area (Å²) in [7, 11) is 0. The van der Waals surface area contributed by atoms with Crippen molar-refractivity contribution in [3.63, 3.8) is 0 Å². The third-order valence-corrected chi connectivity index (χ3v) is 8.71. The standard InChI is InChI=1S/C33H34F6/c1-3-5-6-8-18-9-11-19(12-10-18)24-16-21-15-22-17-25(23-14-13-20(7-4-2)28(34)29(23)35)31(37)33(39)27(22)26(21)32(38)30(24)36/h13-14,16-19H,3-12,15H2,1-2H3. The predicted molar refractivity (Wildman–Crippen MR) is 143 cm³/mol. The summed E-state index contributed by atoms with van der Waals surface area (Å²) in [5, 5.41) is 0. The molecule has 208 valence electrons. The van der Waals surface area contributed by atoms with Gasteiger partial charge in [-0.25, -0.2) is 26.3 Å². The minimum absolute atomic E-state index is 0.0590. The molecule has 0 nitrogen and oxygen atoms in total. The Morgan fingerprint density at radius 3 is 1.95 bits per heavy atom. The molecule has 1 saturated carbocycles. The third-order valence-electron chi connectivity index (χ3n) is 8.71. The molecular formula is C33H34F6. The molecule has 0 N–H and O–H groups in total. The molecule has 0 amide bonds. The van der Waals surface area contributed by atoms with Crippen molar-refractivity contribution >= 4 is 0 Å². The van der Waals surface area contributed by atoms with Crippen molar-refractivity contribution in [2.75, 3.05) is 0 Å². The van der Waals surface area contributed by atoms with E-state index < -0.39 is 46.0 Å². The lowest BCUT2D eigenvalue weighted by Crippen LogP contribution is -2.15. The lowest BCUT2D eigenvalue weighted by molar-refractivity contribution is 0.298. The lowest BCUT2D eigenvalue weighted by Gasteiger charge is -2.29.